The van der Waals surface area contributed by atoms with Gasteiger partial charge in [-0.1, -0.05) is 45.7 Å². The molecule has 0 spiro atoms. The van der Waals surface area contributed by atoms with E-state index in [1.807, 2.05) is 24.3 Å². The summed E-state index contributed by atoms with van der Waals surface area (Å²) in [6.45, 7) is 2.60. The number of nitro groups is 1. The van der Waals surface area contributed by atoms with Crippen molar-refractivity contribution in [1.82, 2.24) is 5.32 Å². The van der Waals surface area contributed by atoms with Crippen molar-refractivity contribution in [3.8, 4) is 0 Å². The molecular weight excluding hydrogens is 356 g/mol. The van der Waals surface area contributed by atoms with Crippen LogP contribution in [0, 0.1) is 10.1 Å². The summed E-state index contributed by atoms with van der Waals surface area (Å²) in [5.74, 6) is 0. The molecule has 0 saturated heterocycles. The molecule has 0 aromatic heterocycles. The Morgan fingerprint density at radius 1 is 1.33 bits per heavy atom. The number of halogens is 2. The number of nitrogens with zero attached hydrogens (tertiary/aromatic N) is 1. The number of non-ortho nitro benzene ring substituents is 1. The SMILES string of the molecule is C[C@@H](NCc1ccc([N+](=O)[O-])cc1Cl)c1ccccc1Br. The summed E-state index contributed by atoms with van der Waals surface area (Å²) in [5, 5.41) is 14.4. The molecule has 0 bridgehead atoms. The Bertz CT molecular complexity index is 664. The molecule has 0 saturated carbocycles. The molecular formula is C15H14BrClN2O2. The molecule has 0 radical (unpaired) electrons. The first-order chi connectivity index (χ1) is 9.99. The summed E-state index contributed by atoms with van der Waals surface area (Å²) in [5.41, 5.74) is 1.99. The lowest BCUT2D eigenvalue weighted by Gasteiger charge is -2.16. The van der Waals surface area contributed by atoms with Crippen molar-refractivity contribution >= 4 is 33.2 Å². The van der Waals surface area contributed by atoms with Gasteiger partial charge in [0.25, 0.3) is 5.69 Å². The van der Waals surface area contributed by atoms with Crippen LogP contribution in [0.4, 0.5) is 5.69 Å². The Balaban J connectivity index is 2.06. The van der Waals surface area contributed by atoms with Crippen molar-refractivity contribution in [3.63, 3.8) is 0 Å². The molecule has 0 unspecified atom stereocenters. The van der Waals surface area contributed by atoms with Gasteiger partial charge in [-0.3, -0.25) is 10.1 Å². The molecule has 2 aromatic carbocycles. The molecule has 0 aliphatic heterocycles. The summed E-state index contributed by atoms with van der Waals surface area (Å²) in [6, 6.07) is 12.6. The minimum Gasteiger partial charge on any atom is -0.306 e. The van der Waals surface area contributed by atoms with Crippen molar-refractivity contribution in [1.29, 1.82) is 0 Å². The van der Waals surface area contributed by atoms with Crippen molar-refractivity contribution in [2.24, 2.45) is 0 Å². The van der Waals surface area contributed by atoms with Crippen LogP contribution >= 0.6 is 27.5 Å². The fraction of sp³-hybridized carbons (Fsp3) is 0.200. The molecule has 21 heavy (non-hydrogen) atoms. The van der Waals surface area contributed by atoms with Gasteiger partial charge in [0.15, 0.2) is 0 Å². The standard InChI is InChI=1S/C15H14BrClN2O2/c1-10(13-4-2-3-5-14(13)16)18-9-11-6-7-12(19(20)21)8-15(11)17/h2-8,10,18H,9H2,1H3/t10-/m1/s1. The number of nitrogens with one attached hydrogen (secondary N) is 1. The van der Waals surface area contributed by atoms with Gasteiger partial charge in [0, 0.05) is 29.2 Å². The summed E-state index contributed by atoms with van der Waals surface area (Å²) in [6.07, 6.45) is 0. The van der Waals surface area contributed by atoms with Crippen molar-refractivity contribution in [3.05, 3.63) is 73.2 Å². The molecule has 2 aromatic rings. The number of nitro benzene ring substituents is 1. The lowest BCUT2D eigenvalue weighted by Crippen LogP contribution is -2.18. The molecule has 0 aliphatic carbocycles. The first-order valence-electron chi connectivity index (χ1n) is 6.39. The van der Waals surface area contributed by atoms with Crippen LogP contribution in [0.15, 0.2) is 46.9 Å². The average molecular weight is 370 g/mol. The maximum atomic E-state index is 10.7. The van der Waals surface area contributed by atoms with Gasteiger partial charge < -0.3 is 5.32 Å². The molecule has 6 heteroatoms. The van der Waals surface area contributed by atoms with Crippen molar-refractivity contribution in [2.45, 2.75) is 19.5 Å². The van der Waals surface area contributed by atoms with Crippen molar-refractivity contribution < 1.29 is 4.92 Å². The molecule has 0 amide bonds. The topological polar surface area (TPSA) is 55.2 Å². The van der Waals surface area contributed by atoms with Crippen LogP contribution in [0.1, 0.15) is 24.1 Å². The maximum absolute atomic E-state index is 10.7. The van der Waals surface area contributed by atoms with Crippen LogP contribution in [0.3, 0.4) is 0 Å². The molecule has 1 N–H and O–H groups in total. The van der Waals surface area contributed by atoms with Gasteiger partial charge in [-0.2, -0.15) is 0 Å². The predicted molar refractivity (Wildman–Crippen MR) is 87.5 cm³/mol. The second-order valence-electron chi connectivity index (χ2n) is 4.66. The van der Waals surface area contributed by atoms with Crippen LogP contribution in [0.25, 0.3) is 0 Å². The third-order valence-corrected chi connectivity index (χ3v) is 4.29. The number of benzene rings is 2. The highest BCUT2D eigenvalue weighted by Gasteiger charge is 2.12. The molecule has 0 heterocycles. The third kappa shape index (κ3) is 4.03. The van der Waals surface area contributed by atoms with Crippen LogP contribution in [-0.4, -0.2) is 4.92 Å². The van der Waals surface area contributed by atoms with Crippen LogP contribution < -0.4 is 5.32 Å². The Kier molecular flexibility index (Phi) is 5.33. The van der Waals surface area contributed by atoms with Gasteiger partial charge in [-0.05, 0) is 30.2 Å². The van der Waals surface area contributed by atoms with Gasteiger partial charge in [0.05, 0.1) is 9.95 Å². The van der Waals surface area contributed by atoms with E-state index in [0.29, 0.717) is 11.6 Å². The maximum Gasteiger partial charge on any atom is 0.270 e. The quantitative estimate of drug-likeness (QED) is 0.605. The van der Waals surface area contributed by atoms with Crippen LogP contribution in [0.5, 0.6) is 0 Å². The highest BCUT2D eigenvalue weighted by atomic mass is 79.9. The second-order valence-corrected chi connectivity index (χ2v) is 5.92. The van der Waals surface area contributed by atoms with E-state index in [1.165, 1.54) is 12.1 Å². The Morgan fingerprint density at radius 2 is 2.05 bits per heavy atom. The smallest absolute Gasteiger partial charge is 0.270 e. The summed E-state index contributed by atoms with van der Waals surface area (Å²) in [4.78, 5) is 10.2. The van der Waals surface area contributed by atoms with E-state index in [2.05, 4.69) is 28.2 Å². The highest BCUT2D eigenvalue weighted by molar-refractivity contribution is 9.10. The number of rotatable bonds is 5. The molecule has 2 rings (SSSR count). The van der Waals surface area contributed by atoms with E-state index in [4.69, 9.17) is 11.6 Å². The van der Waals surface area contributed by atoms with Crippen LogP contribution in [-0.2, 0) is 6.54 Å². The van der Waals surface area contributed by atoms with Gasteiger partial charge >= 0.3 is 0 Å². The fourth-order valence-corrected chi connectivity index (χ4v) is 2.86. The van der Waals surface area contributed by atoms with Gasteiger partial charge in [0.1, 0.15) is 0 Å². The monoisotopic (exact) mass is 368 g/mol. The zero-order chi connectivity index (χ0) is 15.4. The van der Waals surface area contributed by atoms with Crippen LogP contribution in [0.2, 0.25) is 5.02 Å². The van der Waals surface area contributed by atoms with Gasteiger partial charge in [-0.15, -0.1) is 0 Å². The van der Waals surface area contributed by atoms with E-state index in [9.17, 15) is 10.1 Å². The Hall–Kier alpha value is -1.43. The first-order valence-corrected chi connectivity index (χ1v) is 7.56. The van der Waals surface area contributed by atoms with E-state index >= 15 is 0 Å². The predicted octanol–water partition coefficient (Wildman–Crippen LogP) is 4.86. The van der Waals surface area contributed by atoms with E-state index in [-0.39, 0.29) is 11.7 Å². The van der Waals surface area contributed by atoms with Gasteiger partial charge in [0.2, 0.25) is 0 Å². The minimum atomic E-state index is -0.452. The third-order valence-electron chi connectivity index (χ3n) is 3.22. The lowest BCUT2D eigenvalue weighted by atomic mass is 10.1. The number of hydrogen-bond acceptors (Lipinski definition) is 3. The zero-order valence-corrected chi connectivity index (χ0v) is 13.7. The molecule has 110 valence electrons. The fourth-order valence-electron chi connectivity index (χ4n) is 1.99. The Morgan fingerprint density at radius 3 is 2.67 bits per heavy atom. The minimum absolute atomic E-state index is 0.00241. The van der Waals surface area contributed by atoms with Gasteiger partial charge in [-0.25, -0.2) is 0 Å². The lowest BCUT2D eigenvalue weighted by molar-refractivity contribution is -0.384. The second kappa shape index (κ2) is 7.02. The van der Waals surface area contributed by atoms with E-state index in [1.54, 1.807) is 6.07 Å². The highest BCUT2D eigenvalue weighted by Crippen LogP contribution is 2.25. The first kappa shape index (κ1) is 15.9. The van der Waals surface area contributed by atoms with E-state index < -0.39 is 4.92 Å². The molecule has 0 fully saturated rings. The molecule has 4 nitrogen and oxygen atoms in total. The normalized spacial score (nSPS) is 12.1. The number of hydrogen-bond donors (Lipinski definition) is 1. The average Bonchev–Trinajstić information content (AvgIpc) is 2.46. The summed E-state index contributed by atoms with van der Waals surface area (Å²) >= 11 is 9.60. The van der Waals surface area contributed by atoms with Crippen molar-refractivity contribution in [2.75, 3.05) is 0 Å². The zero-order valence-electron chi connectivity index (χ0n) is 11.3. The molecule has 1 atom stereocenters. The molecule has 0 aliphatic rings. The summed E-state index contributed by atoms with van der Waals surface area (Å²) in [7, 11) is 0. The largest absolute Gasteiger partial charge is 0.306 e. The Labute approximate surface area is 136 Å². The van der Waals surface area contributed by atoms with E-state index in [0.717, 1.165) is 15.6 Å². The summed E-state index contributed by atoms with van der Waals surface area (Å²) < 4.78 is 1.04.